The lowest BCUT2D eigenvalue weighted by atomic mass is 9.73. The topological polar surface area (TPSA) is 41.1 Å². The van der Waals surface area contributed by atoms with Crippen LogP contribution in [0, 0.1) is 5.82 Å². The first-order chi connectivity index (χ1) is 10.6. The molecule has 1 spiro atoms. The van der Waals surface area contributed by atoms with Crippen molar-refractivity contribution in [3.8, 4) is 0 Å². The Labute approximate surface area is 148 Å². The molecule has 6 heteroatoms. The quantitative estimate of drug-likeness (QED) is 0.765. The summed E-state index contributed by atoms with van der Waals surface area (Å²) < 4.78 is 13.9. The molecule has 1 fully saturated rings. The number of nitrogens with one attached hydrogen (secondary N) is 2. The van der Waals surface area contributed by atoms with E-state index in [2.05, 4.69) is 26.6 Å². The summed E-state index contributed by atoms with van der Waals surface area (Å²) in [7, 11) is 0. The number of amides is 1. The zero-order valence-electron chi connectivity index (χ0n) is 12.1. The van der Waals surface area contributed by atoms with Crippen LogP contribution >= 0.6 is 28.3 Å². The molecule has 0 radical (unpaired) electrons. The fourth-order valence-corrected chi connectivity index (χ4v) is 4.10. The van der Waals surface area contributed by atoms with E-state index in [0.29, 0.717) is 4.47 Å². The third-order valence-corrected chi connectivity index (χ3v) is 5.31. The number of carbonyl (C=O) groups excluding carboxylic acids is 1. The molecule has 2 aliphatic rings. The second kappa shape index (κ2) is 5.89. The molecule has 2 unspecified atom stereocenters. The van der Waals surface area contributed by atoms with Gasteiger partial charge in [-0.3, -0.25) is 4.79 Å². The monoisotopic (exact) mass is 396 g/mol. The van der Waals surface area contributed by atoms with E-state index in [-0.39, 0.29) is 30.2 Å². The molecule has 23 heavy (non-hydrogen) atoms. The van der Waals surface area contributed by atoms with E-state index >= 15 is 0 Å². The average Bonchev–Trinajstić information content (AvgIpc) is 3.07. The molecule has 2 aromatic rings. The Hall–Kier alpha value is -1.43. The van der Waals surface area contributed by atoms with Crippen molar-refractivity contribution < 1.29 is 9.18 Å². The van der Waals surface area contributed by atoms with Gasteiger partial charge in [-0.15, -0.1) is 12.4 Å². The van der Waals surface area contributed by atoms with Crippen molar-refractivity contribution in [1.29, 1.82) is 0 Å². The Morgan fingerprint density at radius 3 is 2.78 bits per heavy atom. The first-order valence-electron chi connectivity index (χ1n) is 7.22. The summed E-state index contributed by atoms with van der Waals surface area (Å²) in [6, 6.07) is 12.6. The van der Waals surface area contributed by atoms with Crippen molar-refractivity contribution in [3.63, 3.8) is 0 Å². The number of carbonyl (C=O) groups is 1. The minimum absolute atomic E-state index is 0. The normalized spacial score (nSPS) is 25.1. The Bertz CT molecular complexity index is 785. The van der Waals surface area contributed by atoms with Crippen molar-refractivity contribution in [3.05, 3.63) is 63.9 Å². The maximum atomic E-state index is 13.5. The lowest BCUT2D eigenvalue weighted by molar-refractivity contribution is -0.121. The Kier molecular flexibility index (Phi) is 4.21. The van der Waals surface area contributed by atoms with E-state index in [1.807, 2.05) is 24.3 Å². The molecule has 4 rings (SSSR count). The van der Waals surface area contributed by atoms with Crippen LogP contribution in [0.25, 0.3) is 0 Å². The molecule has 120 valence electrons. The van der Waals surface area contributed by atoms with Crippen LogP contribution in [-0.2, 0) is 10.2 Å². The molecule has 0 aliphatic carbocycles. The van der Waals surface area contributed by atoms with Crippen molar-refractivity contribution >= 4 is 39.9 Å². The van der Waals surface area contributed by atoms with Crippen LogP contribution in [0.5, 0.6) is 0 Å². The van der Waals surface area contributed by atoms with Gasteiger partial charge in [0.2, 0.25) is 5.91 Å². The van der Waals surface area contributed by atoms with Gasteiger partial charge < -0.3 is 10.6 Å². The Balaban J connectivity index is 0.00000156. The number of benzene rings is 2. The number of halogens is 3. The number of rotatable bonds is 1. The highest BCUT2D eigenvalue weighted by Gasteiger charge is 2.55. The molecule has 0 bridgehead atoms. The van der Waals surface area contributed by atoms with Gasteiger partial charge in [0.25, 0.3) is 0 Å². The van der Waals surface area contributed by atoms with Crippen molar-refractivity contribution in [1.82, 2.24) is 5.32 Å². The van der Waals surface area contributed by atoms with E-state index in [1.54, 1.807) is 12.1 Å². The largest absolute Gasteiger partial charge is 0.325 e. The molecule has 0 saturated carbocycles. The molecule has 2 atom stereocenters. The van der Waals surface area contributed by atoms with Gasteiger partial charge in [-0.05, 0) is 58.2 Å². The van der Waals surface area contributed by atoms with Crippen molar-refractivity contribution in [2.75, 3.05) is 11.9 Å². The summed E-state index contributed by atoms with van der Waals surface area (Å²) in [6.45, 7) is 0.751. The third kappa shape index (κ3) is 2.30. The van der Waals surface area contributed by atoms with Gasteiger partial charge in [0, 0.05) is 5.69 Å². The number of hydrogen-bond acceptors (Lipinski definition) is 2. The molecule has 2 heterocycles. The van der Waals surface area contributed by atoms with Crippen LogP contribution in [0.15, 0.2) is 46.9 Å². The standard InChI is InChI=1S/C17H14BrFN2O.ClH/c18-12-9-10(5-6-13(12)19)15-17(7-8-20-15)11-3-1-2-4-14(11)21-16(17)22;/h1-6,9,15,20H,7-8H2,(H,21,22);1H. The average molecular weight is 398 g/mol. The Morgan fingerprint density at radius 1 is 1.22 bits per heavy atom. The van der Waals surface area contributed by atoms with Crippen molar-refractivity contribution in [2.45, 2.75) is 17.9 Å². The molecular formula is C17H15BrClFN2O. The third-order valence-electron chi connectivity index (χ3n) is 4.70. The smallest absolute Gasteiger partial charge is 0.237 e. The van der Waals surface area contributed by atoms with Gasteiger partial charge >= 0.3 is 0 Å². The van der Waals surface area contributed by atoms with Crippen LogP contribution in [0.2, 0.25) is 0 Å². The molecule has 1 amide bonds. The van der Waals surface area contributed by atoms with Crippen LogP contribution in [0.4, 0.5) is 10.1 Å². The maximum absolute atomic E-state index is 13.5. The lowest BCUT2D eigenvalue weighted by Gasteiger charge is -2.29. The zero-order valence-corrected chi connectivity index (χ0v) is 14.5. The molecular weight excluding hydrogens is 383 g/mol. The summed E-state index contributed by atoms with van der Waals surface area (Å²) in [4.78, 5) is 12.8. The second-order valence-electron chi connectivity index (χ2n) is 5.78. The van der Waals surface area contributed by atoms with E-state index < -0.39 is 5.41 Å². The highest BCUT2D eigenvalue weighted by molar-refractivity contribution is 9.10. The predicted molar refractivity (Wildman–Crippen MR) is 93.5 cm³/mol. The number of fused-ring (bicyclic) bond motifs is 2. The van der Waals surface area contributed by atoms with Gasteiger partial charge in [0.1, 0.15) is 5.82 Å². The van der Waals surface area contributed by atoms with Crippen LogP contribution < -0.4 is 10.6 Å². The molecule has 2 N–H and O–H groups in total. The van der Waals surface area contributed by atoms with E-state index in [0.717, 1.165) is 29.8 Å². The SMILES string of the molecule is Cl.O=C1Nc2ccccc2C12CCNC2c1ccc(F)c(Br)c1. The van der Waals surface area contributed by atoms with E-state index in [1.165, 1.54) is 6.07 Å². The van der Waals surface area contributed by atoms with Gasteiger partial charge in [-0.1, -0.05) is 24.3 Å². The Morgan fingerprint density at radius 2 is 2.00 bits per heavy atom. The summed E-state index contributed by atoms with van der Waals surface area (Å²) in [5.74, 6) is -0.281. The lowest BCUT2D eigenvalue weighted by Crippen LogP contribution is -2.39. The molecule has 2 aromatic carbocycles. The van der Waals surface area contributed by atoms with Gasteiger partial charge in [0.15, 0.2) is 0 Å². The maximum Gasteiger partial charge on any atom is 0.237 e. The fourth-order valence-electron chi connectivity index (χ4n) is 3.70. The molecule has 2 aliphatic heterocycles. The first kappa shape index (κ1) is 16.4. The van der Waals surface area contributed by atoms with Gasteiger partial charge in [0.05, 0.1) is 15.9 Å². The van der Waals surface area contributed by atoms with Crippen molar-refractivity contribution in [2.24, 2.45) is 0 Å². The van der Waals surface area contributed by atoms with E-state index in [4.69, 9.17) is 0 Å². The van der Waals surface area contributed by atoms with Gasteiger partial charge in [-0.2, -0.15) is 0 Å². The highest BCUT2D eigenvalue weighted by atomic mass is 79.9. The number of hydrogen-bond donors (Lipinski definition) is 2. The van der Waals surface area contributed by atoms with Crippen LogP contribution in [0.3, 0.4) is 0 Å². The zero-order chi connectivity index (χ0) is 15.3. The van der Waals surface area contributed by atoms with E-state index in [9.17, 15) is 9.18 Å². The number of para-hydroxylation sites is 1. The minimum atomic E-state index is -0.617. The summed E-state index contributed by atoms with van der Waals surface area (Å²) >= 11 is 3.23. The summed E-state index contributed by atoms with van der Waals surface area (Å²) in [5.41, 5.74) is 2.20. The number of anilines is 1. The fraction of sp³-hybridized carbons (Fsp3) is 0.235. The molecule has 0 aromatic heterocycles. The van der Waals surface area contributed by atoms with Crippen LogP contribution in [0.1, 0.15) is 23.6 Å². The van der Waals surface area contributed by atoms with Crippen LogP contribution in [-0.4, -0.2) is 12.5 Å². The summed E-state index contributed by atoms with van der Waals surface area (Å²) in [5, 5.41) is 6.41. The second-order valence-corrected chi connectivity index (χ2v) is 6.64. The molecule has 1 saturated heterocycles. The predicted octanol–water partition coefficient (Wildman–Crippen LogP) is 3.93. The minimum Gasteiger partial charge on any atom is -0.325 e. The summed E-state index contributed by atoms with van der Waals surface area (Å²) in [6.07, 6.45) is 0.732. The first-order valence-corrected chi connectivity index (χ1v) is 8.01. The van der Waals surface area contributed by atoms with Gasteiger partial charge in [-0.25, -0.2) is 4.39 Å². The highest BCUT2D eigenvalue weighted by Crippen LogP contribution is 2.51. The molecule has 3 nitrogen and oxygen atoms in total.